The van der Waals surface area contributed by atoms with E-state index < -0.39 is 15.9 Å². The summed E-state index contributed by atoms with van der Waals surface area (Å²) in [6.45, 7) is 3.57. The Hall–Kier alpha value is -2.45. The molecule has 1 amide bonds. The molecule has 1 fully saturated rings. The van der Waals surface area contributed by atoms with Crippen molar-refractivity contribution in [1.82, 2.24) is 9.29 Å². The largest absolute Gasteiger partial charge is 0.366 e. The molecule has 2 aromatic rings. The van der Waals surface area contributed by atoms with Crippen molar-refractivity contribution in [2.45, 2.75) is 26.2 Å². The lowest BCUT2D eigenvalue weighted by molar-refractivity contribution is 0.1000. The molecule has 0 spiro atoms. The van der Waals surface area contributed by atoms with Crippen molar-refractivity contribution in [3.8, 4) is 0 Å². The van der Waals surface area contributed by atoms with Gasteiger partial charge in [0.05, 0.1) is 11.3 Å². The minimum absolute atomic E-state index is 0.228. The Morgan fingerprint density at radius 2 is 1.79 bits per heavy atom. The first-order valence-corrected chi connectivity index (χ1v) is 10.9. The second-order valence-electron chi connectivity index (χ2n) is 6.94. The molecule has 0 aliphatic carbocycles. The maximum Gasteiger partial charge on any atom is 0.250 e. The fourth-order valence-corrected chi connectivity index (χ4v) is 4.37. The number of hydrogen-bond donors (Lipinski definition) is 2. The van der Waals surface area contributed by atoms with Crippen molar-refractivity contribution in [1.29, 1.82) is 0 Å². The van der Waals surface area contributed by atoms with Crippen molar-refractivity contribution >= 4 is 15.9 Å². The van der Waals surface area contributed by atoms with Crippen LogP contribution in [0.2, 0.25) is 0 Å². The average molecular weight is 406 g/mol. The first kappa shape index (κ1) is 21.8. The monoisotopic (exact) mass is 405 g/mol. The summed E-state index contributed by atoms with van der Waals surface area (Å²) in [7, 11) is -3.07. The van der Waals surface area contributed by atoms with Gasteiger partial charge in [-0.1, -0.05) is 37.3 Å². The van der Waals surface area contributed by atoms with Gasteiger partial charge in [0.2, 0.25) is 21.5 Å². The van der Waals surface area contributed by atoms with E-state index in [1.807, 2.05) is 30.3 Å². The maximum absolute atomic E-state index is 12.2. The highest BCUT2D eigenvalue weighted by atomic mass is 32.2. The van der Waals surface area contributed by atoms with Crippen molar-refractivity contribution in [2.24, 2.45) is 11.7 Å². The number of aromatic nitrogens is 1. The van der Waals surface area contributed by atoms with Crippen molar-refractivity contribution in [3.05, 3.63) is 70.1 Å². The Morgan fingerprint density at radius 1 is 1.14 bits per heavy atom. The Labute approximate surface area is 165 Å². The van der Waals surface area contributed by atoms with Crippen molar-refractivity contribution in [3.63, 3.8) is 0 Å². The molecule has 28 heavy (non-hydrogen) atoms. The third kappa shape index (κ3) is 6.94. The zero-order valence-corrected chi connectivity index (χ0v) is 16.8. The van der Waals surface area contributed by atoms with Gasteiger partial charge < -0.3 is 10.7 Å². The van der Waals surface area contributed by atoms with Crippen LogP contribution in [-0.4, -0.2) is 42.5 Å². The zero-order valence-electron chi connectivity index (χ0n) is 16.0. The lowest BCUT2D eigenvalue weighted by atomic mass is 10.0. The molecule has 0 saturated carbocycles. The van der Waals surface area contributed by atoms with E-state index in [2.05, 4.69) is 11.9 Å². The highest BCUT2D eigenvalue weighted by Crippen LogP contribution is 2.19. The van der Waals surface area contributed by atoms with Gasteiger partial charge >= 0.3 is 0 Å². The second-order valence-corrected chi connectivity index (χ2v) is 9.03. The van der Waals surface area contributed by atoms with Crippen LogP contribution in [0, 0.1) is 5.92 Å². The Morgan fingerprint density at radius 3 is 2.32 bits per heavy atom. The number of primary amides is 1. The molecule has 0 bridgehead atoms. The maximum atomic E-state index is 12.2. The van der Waals surface area contributed by atoms with Gasteiger partial charge in [0, 0.05) is 25.4 Å². The standard InChI is InChI=1S/C14H21NO2S.C6H6N2O2/c1-13-7-10-15(11-8-13)18(16,17)12-9-14-5-3-2-4-6-14;7-6(10)4-1-2-5(9)8-3-4/h2-6,13H,7-12H2,1H3;1-3H,(H2,7,10)(H,8,9). The van der Waals surface area contributed by atoms with Gasteiger partial charge in [-0.05, 0) is 36.8 Å². The summed E-state index contributed by atoms with van der Waals surface area (Å²) < 4.78 is 26.0. The summed E-state index contributed by atoms with van der Waals surface area (Å²) >= 11 is 0. The molecule has 7 nitrogen and oxygen atoms in total. The van der Waals surface area contributed by atoms with E-state index >= 15 is 0 Å². The third-order valence-corrected chi connectivity index (χ3v) is 6.57. The van der Waals surface area contributed by atoms with Crippen LogP contribution < -0.4 is 11.3 Å². The van der Waals surface area contributed by atoms with Crippen LogP contribution in [-0.2, 0) is 16.4 Å². The summed E-state index contributed by atoms with van der Waals surface area (Å²) in [5, 5.41) is 0. The Balaban J connectivity index is 0.000000237. The predicted molar refractivity (Wildman–Crippen MR) is 109 cm³/mol. The van der Waals surface area contributed by atoms with Crippen LogP contribution in [0.15, 0.2) is 53.5 Å². The number of rotatable bonds is 5. The second kappa shape index (κ2) is 10.2. The molecule has 2 heterocycles. The Bertz CT molecular complexity index is 897. The molecule has 1 aliphatic rings. The summed E-state index contributed by atoms with van der Waals surface area (Å²) in [6.07, 6.45) is 3.87. The zero-order chi connectivity index (χ0) is 20.6. The number of nitrogens with zero attached hydrogens (tertiary/aromatic N) is 1. The minimum atomic E-state index is -3.07. The van der Waals surface area contributed by atoms with E-state index in [1.165, 1.54) is 18.3 Å². The van der Waals surface area contributed by atoms with Crippen LogP contribution in [0.5, 0.6) is 0 Å². The topological polar surface area (TPSA) is 113 Å². The number of piperidine rings is 1. The third-order valence-electron chi connectivity index (χ3n) is 4.70. The molecule has 152 valence electrons. The van der Waals surface area contributed by atoms with Crippen LogP contribution >= 0.6 is 0 Å². The summed E-state index contributed by atoms with van der Waals surface area (Å²) in [6, 6.07) is 12.4. The lowest BCUT2D eigenvalue weighted by Gasteiger charge is -2.29. The molecule has 1 aromatic heterocycles. The molecule has 3 N–H and O–H groups in total. The predicted octanol–water partition coefficient (Wildman–Crippen LogP) is 1.76. The number of carbonyl (C=O) groups is 1. The van der Waals surface area contributed by atoms with Crippen LogP contribution in [0.3, 0.4) is 0 Å². The minimum Gasteiger partial charge on any atom is -0.366 e. The molecule has 8 heteroatoms. The number of hydrogen-bond acceptors (Lipinski definition) is 4. The van der Waals surface area contributed by atoms with Crippen LogP contribution in [0.25, 0.3) is 0 Å². The van der Waals surface area contributed by atoms with Crippen LogP contribution in [0.4, 0.5) is 0 Å². The fraction of sp³-hybridized carbons (Fsp3) is 0.400. The molecule has 0 atom stereocenters. The number of pyridine rings is 1. The quantitative estimate of drug-likeness (QED) is 0.789. The van der Waals surface area contributed by atoms with Gasteiger partial charge in [-0.2, -0.15) is 0 Å². The first-order valence-electron chi connectivity index (χ1n) is 9.28. The van der Waals surface area contributed by atoms with E-state index in [9.17, 15) is 18.0 Å². The van der Waals surface area contributed by atoms with Gasteiger partial charge in [-0.3, -0.25) is 9.59 Å². The highest BCUT2D eigenvalue weighted by molar-refractivity contribution is 7.89. The van der Waals surface area contributed by atoms with E-state index in [1.54, 1.807) is 4.31 Å². The van der Waals surface area contributed by atoms with Gasteiger partial charge in [0.15, 0.2) is 0 Å². The van der Waals surface area contributed by atoms with Gasteiger partial charge in [-0.15, -0.1) is 0 Å². The number of aryl methyl sites for hydroxylation is 1. The molecule has 0 radical (unpaired) electrons. The van der Waals surface area contributed by atoms with E-state index in [0.717, 1.165) is 18.4 Å². The molecule has 3 rings (SSSR count). The number of aromatic amines is 1. The molecule has 1 saturated heterocycles. The van der Waals surface area contributed by atoms with Gasteiger partial charge in [0.1, 0.15) is 0 Å². The normalized spacial score (nSPS) is 15.5. The average Bonchev–Trinajstić information content (AvgIpc) is 2.68. The van der Waals surface area contributed by atoms with E-state index in [4.69, 9.17) is 5.73 Å². The van der Waals surface area contributed by atoms with Gasteiger partial charge in [0.25, 0.3) is 0 Å². The first-order chi connectivity index (χ1) is 13.3. The SMILES string of the molecule is CC1CCN(S(=O)(=O)CCc2ccccc2)CC1.NC(=O)c1ccc(=O)[nH]c1. The number of carbonyl (C=O) groups excluding carboxylic acids is 1. The van der Waals surface area contributed by atoms with E-state index in [-0.39, 0.29) is 11.3 Å². The number of benzene rings is 1. The molecule has 1 aliphatic heterocycles. The molecule has 1 aromatic carbocycles. The summed E-state index contributed by atoms with van der Waals surface area (Å²) in [4.78, 5) is 23.2. The van der Waals surface area contributed by atoms with Crippen molar-refractivity contribution < 1.29 is 13.2 Å². The number of amides is 1. The molecular formula is C20H27N3O4S. The van der Waals surface area contributed by atoms with Crippen LogP contribution in [0.1, 0.15) is 35.7 Å². The summed E-state index contributed by atoms with van der Waals surface area (Å²) in [5.74, 6) is 0.340. The fourth-order valence-electron chi connectivity index (χ4n) is 2.85. The van der Waals surface area contributed by atoms with Crippen molar-refractivity contribution in [2.75, 3.05) is 18.8 Å². The number of nitrogens with two attached hydrogens (primary N) is 1. The van der Waals surface area contributed by atoms with Gasteiger partial charge in [-0.25, -0.2) is 12.7 Å². The van der Waals surface area contributed by atoms with E-state index in [0.29, 0.717) is 31.0 Å². The Kier molecular flexibility index (Phi) is 7.95. The number of nitrogens with one attached hydrogen (secondary N) is 1. The smallest absolute Gasteiger partial charge is 0.250 e. The number of H-pyrrole nitrogens is 1. The highest BCUT2D eigenvalue weighted by Gasteiger charge is 2.25. The lowest BCUT2D eigenvalue weighted by Crippen LogP contribution is -2.39. The molecule has 0 unspecified atom stereocenters. The molecular weight excluding hydrogens is 378 g/mol. The number of sulfonamides is 1. The summed E-state index contributed by atoms with van der Waals surface area (Å²) in [5.41, 5.74) is 6.05.